The predicted molar refractivity (Wildman–Crippen MR) is 120 cm³/mol. The van der Waals surface area contributed by atoms with Crippen LogP contribution in [0, 0.1) is 0 Å². The lowest BCUT2D eigenvalue weighted by Crippen LogP contribution is -3.00. The number of carbonyl (C=O) groups excluding carboxylic acids is 1. The molecule has 2 aromatic carbocycles. The molecule has 7 heteroatoms. The molecule has 0 radical (unpaired) electrons. The molecular weight excluding hydrogens is 414 g/mol. The lowest BCUT2D eigenvalue weighted by Gasteiger charge is -2.18. The fourth-order valence-electron chi connectivity index (χ4n) is 3.65. The van der Waals surface area contributed by atoms with E-state index in [1.807, 2.05) is 36.4 Å². The quantitative estimate of drug-likeness (QED) is 0.465. The van der Waals surface area contributed by atoms with E-state index in [1.165, 1.54) is 0 Å². The molecule has 0 aliphatic rings. The summed E-state index contributed by atoms with van der Waals surface area (Å²) in [6.07, 6.45) is 0.778. The smallest absolute Gasteiger partial charge is 0.268 e. The highest BCUT2D eigenvalue weighted by Crippen LogP contribution is 2.26. The Balaban J connectivity index is 0.00000341. The first-order chi connectivity index (χ1) is 14.6. The Kier molecular flexibility index (Phi) is 9.09. The number of fused-ring (bicyclic) bond motifs is 1. The Bertz CT molecular complexity index is 1060. The fourth-order valence-corrected chi connectivity index (χ4v) is 3.65. The number of pyridine rings is 1. The molecule has 0 atom stereocenters. The number of hydrogen-bond acceptors (Lipinski definition) is 4. The number of halogens is 1. The molecule has 1 heterocycles. The maximum Gasteiger partial charge on any atom is 0.268 e. The maximum absolute atomic E-state index is 13.2. The summed E-state index contributed by atoms with van der Waals surface area (Å²) in [4.78, 5) is 28.3. The minimum Gasteiger partial charge on any atom is -1.00 e. The topological polar surface area (TPSA) is 74.6 Å². The van der Waals surface area contributed by atoms with Crippen LogP contribution in [0.25, 0.3) is 10.9 Å². The van der Waals surface area contributed by atoms with Crippen LogP contribution < -0.4 is 23.3 Å². The van der Waals surface area contributed by atoms with Crippen molar-refractivity contribution in [2.45, 2.75) is 26.8 Å². The summed E-state index contributed by atoms with van der Waals surface area (Å²) in [5, 5.41) is 14.0. The molecule has 0 aliphatic heterocycles. The molecule has 0 spiro atoms. The zero-order chi connectivity index (χ0) is 21.5. The van der Waals surface area contributed by atoms with Gasteiger partial charge in [0, 0.05) is 11.9 Å². The molecule has 1 amide bonds. The Morgan fingerprint density at radius 1 is 1.03 bits per heavy atom. The number of nitrogens with one attached hydrogen (secondary N) is 1. The van der Waals surface area contributed by atoms with Gasteiger partial charge in [0.25, 0.3) is 11.5 Å². The minimum absolute atomic E-state index is 0. The molecule has 3 rings (SSSR count). The van der Waals surface area contributed by atoms with Crippen molar-refractivity contribution in [2.75, 3.05) is 26.2 Å². The summed E-state index contributed by atoms with van der Waals surface area (Å²) in [7, 11) is 0. The average Bonchev–Trinajstić information content (AvgIpc) is 2.77. The van der Waals surface area contributed by atoms with E-state index in [4.69, 9.17) is 0 Å². The third-order valence-corrected chi connectivity index (χ3v) is 5.39. The standard InChI is InChI=1S/C24H29N3O3.ClH/c1-3-26(4-2)16-10-15-25-23(29)21-22(28)19-13-8-9-14-20(19)27(24(21)30)17-18-11-6-5-7-12-18;/h5-9,11-14,28H,3-4,10,15-17H2,1-2H3,(H,25,29);1H/p-1. The predicted octanol–water partition coefficient (Wildman–Crippen LogP) is 0.221. The molecule has 6 nitrogen and oxygen atoms in total. The number of amides is 1. The Labute approximate surface area is 188 Å². The number of aromatic hydroxyl groups is 1. The molecule has 31 heavy (non-hydrogen) atoms. The lowest BCUT2D eigenvalue weighted by molar-refractivity contribution is -0.0000160. The van der Waals surface area contributed by atoms with Gasteiger partial charge in [-0.15, -0.1) is 0 Å². The first-order valence-electron chi connectivity index (χ1n) is 10.5. The molecule has 1 aromatic heterocycles. The number of aromatic nitrogens is 1. The van der Waals surface area contributed by atoms with Crippen LogP contribution in [0.4, 0.5) is 0 Å². The van der Waals surface area contributed by atoms with Crippen molar-refractivity contribution in [1.82, 2.24) is 14.8 Å². The van der Waals surface area contributed by atoms with E-state index < -0.39 is 11.5 Å². The van der Waals surface area contributed by atoms with E-state index in [2.05, 4.69) is 24.1 Å². The maximum atomic E-state index is 13.2. The Morgan fingerprint density at radius 3 is 2.35 bits per heavy atom. The largest absolute Gasteiger partial charge is 1.00 e. The molecule has 3 aromatic rings. The second-order valence-corrected chi connectivity index (χ2v) is 7.25. The molecule has 0 aliphatic carbocycles. The van der Waals surface area contributed by atoms with Crippen molar-refractivity contribution < 1.29 is 22.3 Å². The monoisotopic (exact) mass is 442 g/mol. The van der Waals surface area contributed by atoms with Crippen molar-refractivity contribution in [1.29, 1.82) is 0 Å². The molecule has 2 N–H and O–H groups in total. The van der Waals surface area contributed by atoms with Gasteiger partial charge in [-0.05, 0) is 43.8 Å². The van der Waals surface area contributed by atoms with Gasteiger partial charge in [0.1, 0.15) is 11.3 Å². The van der Waals surface area contributed by atoms with Crippen LogP contribution in [0.1, 0.15) is 36.2 Å². The number of para-hydroxylation sites is 1. The van der Waals surface area contributed by atoms with Gasteiger partial charge in [-0.25, -0.2) is 0 Å². The summed E-state index contributed by atoms with van der Waals surface area (Å²) >= 11 is 0. The van der Waals surface area contributed by atoms with Gasteiger partial charge >= 0.3 is 0 Å². The lowest BCUT2D eigenvalue weighted by atomic mass is 10.1. The highest BCUT2D eigenvalue weighted by atomic mass is 35.5. The van der Waals surface area contributed by atoms with Gasteiger partial charge in [-0.3, -0.25) is 9.59 Å². The van der Waals surface area contributed by atoms with E-state index in [-0.39, 0.29) is 23.7 Å². The molecule has 0 saturated carbocycles. The summed E-state index contributed by atoms with van der Waals surface area (Å²) < 4.78 is 1.55. The van der Waals surface area contributed by atoms with Crippen molar-refractivity contribution in [3.8, 4) is 5.75 Å². The summed E-state index contributed by atoms with van der Waals surface area (Å²) in [6, 6.07) is 16.7. The number of benzene rings is 2. The highest BCUT2D eigenvalue weighted by Gasteiger charge is 2.22. The average molecular weight is 443 g/mol. The highest BCUT2D eigenvalue weighted by molar-refractivity contribution is 6.02. The van der Waals surface area contributed by atoms with Crippen LogP contribution in [0.5, 0.6) is 5.75 Å². The normalized spacial score (nSPS) is 10.8. The van der Waals surface area contributed by atoms with E-state index in [0.717, 1.165) is 31.6 Å². The van der Waals surface area contributed by atoms with Crippen LogP contribution in [-0.4, -0.2) is 46.7 Å². The number of carbonyl (C=O) groups is 1. The molecular formula is C24H29ClN3O3-. The number of rotatable bonds is 9. The van der Waals surface area contributed by atoms with Gasteiger partial charge in [0.15, 0.2) is 0 Å². The molecule has 0 bridgehead atoms. The zero-order valence-electron chi connectivity index (χ0n) is 18.0. The van der Waals surface area contributed by atoms with Crippen molar-refractivity contribution in [2.24, 2.45) is 0 Å². The van der Waals surface area contributed by atoms with Crippen molar-refractivity contribution in [3.05, 3.63) is 76.1 Å². The number of hydrogen-bond donors (Lipinski definition) is 2. The van der Waals surface area contributed by atoms with E-state index in [1.54, 1.807) is 22.8 Å². The van der Waals surface area contributed by atoms with Gasteiger partial charge in [-0.2, -0.15) is 0 Å². The van der Waals surface area contributed by atoms with Crippen LogP contribution in [-0.2, 0) is 6.54 Å². The molecule has 0 unspecified atom stereocenters. The molecule has 166 valence electrons. The van der Waals surface area contributed by atoms with Gasteiger partial charge in [0.2, 0.25) is 0 Å². The van der Waals surface area contributed by atoms with Crippen LogP contribution in [0.2, 0.25) is 0 Å². The zero-order valence-corrected chi connectivity index (χ0v) is 18.7. The number of nitrogens with zero attached hydrogens (tertiary/aromatic N) is 2. The molecule has 0 saturated heterocycles. The Morgan fingerprint density at radius 2 is 1.68 bits per heavy atom. The van der Waals surface area contributed by atoms with Crippen LogP contribution in [0.15, 0.2) is 59.4 Å². The summed E-state index contributed by atoms with van der Waals surface area (Å²) in [5.41, 5.74) is 0.853. The SMILES string of the molecule is CCN(CC)CCCNC(=O)c1c(O)c2ccccc2n(Cc2ccccc2)c1=O.[Cl-]. The van der Waals surface area contributed by atoms with Crippen LogP contribution >= 0.6 is 0 Å². The van der Waals surface area contributed by atoms with Gasteiger partial charge in [-0.1, -0.05) is 56.3 Å². The minimum atomic E-state index is -0.537. The van der Waals surface area contributed by atoms with Gasteiger partial charge in [0.05, 0.1) is 12.1 Å². The fraction of sp³-hybridized carbons (Fsp3) is 0.333. The first kappa shape index (κ1) is 24.4. The summed E-state index contributed by atoms with van der Waals surface area (Å²) in [6.45, 7) is 7.76. The van der Waals surface area contributed by atoms with Crippen LogP contribution in [0.3, 0.4) is 0 Å². The first-order valence-corrected chi connectivity index (χ1v) is 10.5. The second-order valence-electron chi connectivity index (χ2n) is 7.25. The van der Waals surface area contributed by atoms with Crippen molar-refractivity contribution >= 4 is 16.8 Å². The third kappa shape index (κ3) is 5.66. The van der Waals surface area contributed by atoms with Gasteiger partial charge < -0.3 is 32.3 Å². The Hall–Kier alpha value is -2.83. The summed E-state index contributed by atoms with van der Waals surface area (Å²) in [5.74, 6) is -0.800. The van der Waals surface area contributed by atoms with E-state index >= 15 is 0 Å². The van der Waals surface area contributed by atoms with E-state index in [9.17, 15) is 14.7 Å². The molecule has 0 fully saturated rings. The van der Waals surface area contributed by atoms with Crippen molar-refractivity contribution in [3.63, 3.8) is 0 Å². The van der Waals surface area contributed by atoms with E-state index in [0.29, 0.717) is 24.0 Å². The third-order valence-electron chi connectivity index (χ3n) is 5.39. The second kappa shape index (κ2) is 11.5.